The largest absolute Gasteiger partial charge is 0.488 e. The molecule has 1 atom stereocenters. The Balaban J connectivity index is 2.61. The molecule has 0 aliphatic heterocycles. The summed E-state index contributed by atoms with van der Waals surface area (Å²) in [4.78, 5) is 11.6. The molecule has 0 unspecified atom stereocenters. The second-order valence-electron chi connectivity index (χ2n) is 4.74. The van der Waals surface area contributed by atoms with Gasteiger partial charge >= 0.3 is 13.1 Å². The van der Waals surface area contributed by atoms with Gasteiger partial charge in [0.05, 0.1) is 7.11 Å². The molecule has 0 spiro atoms. The zero-order valence-corrected chi connectivity index (χ0v) is 11.5. The first-order valence-corrected chi connectivity index (χ1v) is 6.22. The van der Waals surface area contributed by atoms with Crippen LogP contribution < -0.4 is 10.8 Å². The summed E-state index contributed by atoms with van der Waals surface area (Å²) < 4.78 is 4.75. The lowest BCUT2D eigenvalue weighted by Crippen LogP contribution is -2.41. The van der Waals surface area contributed by atoms with E-state index in [1.165, 1.54) is 7.11 Å². The van der Waals surface area contributed by atoms with Gasteiger partial charge < -0.3 is 20.1 Å². The summed E-state index contributed by atoms with van der Waals surface area (Å²) >= 11 is 0. The number of hydrogen-bond acceptors (Lipinski definition) is 5. The first-order valence-electron chi connectivity index (χ1n) is 6.22. The van der Waals surface area contributed by atoms with Gasteiger partial charge in [0, 0.05) is 6.54 Å². The van der Waals surface area contributed by atoms with E-state index >= 15 is 0 Å². The fraction of sp³-hybridized carbons (Fsp3) is 0.462. The minimum atomic E-state index is -1.46. The maximum atomic E-state index is 11.6. The maximum absolute atomic E-state index is 11.6. The van der Waals surface area contributed by atoms with E-state index in [0.717, 1.165) is 5.56 Å². The summed E-state index contributed by atoms with van der Waals surface area (Å²) in [7, 11) is -0.0860. The molecule has 0 fully saturated rings. The summed E-state index contributed by atoms with van der Waals surface area (Å²) in [6.07, 6.45) is 0. The Morgan fingerprint density at radius 2 is 1.89 bits per heavy atom. The van der Waals surface area contributed by atoms with Gasteiger partial charge in [0.1, 0.15) is 6.04 Å². The van der Waals surface area contributed by atoms with E-state index in [1.807, 2.05) is 13.8 Å². The van der Waals surface area contributed by atoms with Crippen LogP contribution in [-0.4, -0.2) is 36.3 Å². The number of ether oxygens (including phenoxy) is 1. The van der Waals surface area contributed by atoms with Crippen molar-refractivity contribution in [1.82, 2.24) is 5.32 Å². The minimum Gasteiger partial charge on any atom is -0.468 e. The number of carbonyl (C=O) groups is 1. The average molecular weight is 265 g/mol. The number of carbonyl (C=O) groups excluding carboxylic acids is 1. The van der Waals surface area contributed by atoms with Crippen molar-refractivity contribution in [1.29, 1.82) is 0 Å². The molecule has 1 rings (SSSR count). The second kappa shape index (κ2) is 7.28. The number of methoxy groups -OCH3 is 1. The van der Waals surface area contributed by atoms with Crippen LogP contribution in [0.4, 0.5) is 0 Å². The van der Waals surface area contributed by atoms with Gasteiger partial charge in [-0.1, -0.05) is 38.1 Å². The molecule has 1 aromatic carbocycles. The van der Waals surface area contributed by atoms with E-state index < -0.39 is 7.12 Å². The van der Waals surface area contributed by atoms with Crippen LogP contribution in [0.15, 0.2) is 24.3 Å². The lowest BCUT2D eigenvalue weighted by molar-refractivity contribution is -0.144. The van der Waals surface area contributed by atoms with Crippen molar-refractivity contribution < 1.29 is 19.6 Å². The molecular weight excluding hydrogens is 245 g/mol. The van der Waals surface area contributed by atoms with Crippen LogP contribution in [0.5, 0.6) is 0 Å². The molecule has 0 aliphatic carbocycles. The van der Waals surface area contributed by atoms with E-state index in [2.05, 4.69) is 5.32 Å². The van der Waals surface area contributed by atoms with Crippen molar-refractivity contribution in [2.24, 2.45) is 5.92 Å². The summed E-state index contributed by atoms with van der Waals surface area (Å²) in [5.74, 6) is -0.150. The molecule has 104 valence electrons. The van der Waals surface area contributed by atoms with Gasteiger partial charge in [-0.3, -0.25) is 4.79 Å². The number of hydrogen-bond donors (Lipinski definition) is 3. The Morgan fingerprint density at radius 3 is 2.32 bits per heavy atom. The molecule has 0 aromatic heterocycles. The maximum Gasteiger partial charge on any atom is 0.488 e. The van der Waals surface area contributed by atoms with Crippen LogP contribution in [0.25, 0.3) is 0 Å². The molecule has 1 aromatic rings. The summed E-state index contributed by atoms with van der Waals surface area (Å²) in [5, 5.41) is 21.1. The van der Waals surface area contributed by atoms with Crippen LogP contribution in [0, 0.1) is 5.92 Å². The van der Waals surface area contributed by atoms with Crippen LogP contribution in [0.2, 0.25) is 0 Å². The summed E-state index contributed by atoms with van der Waals surface area (Å²) in [5.41, 5.74) is 1.40. The lowest BCUT2D eigenvalue weighted by Gasteiger charge is -2.19. The van der Waals surface area contributed by atoms with Gasteiger partial charge in [-0.15, -0.1) is 0 Å². The summed E-state index contributed by atoms with van der Waals surface area (Å²) in [6, 6.07) is 6.51. The predicted octanol–water partition coefficient (Wildman–Crippen LogP) is -0.346. The fourth-order valence-electron chi connectivity index (χ4n) is 1.75. The molecule has 0 heterocycles. The van der Waals surface area contributed by atoms with Crippen LogP contribution in [0.3, 0.4) is 0 Å². The Bertz CT molecular complexity index is 406. The van der Waals surface area contributed by atoms with E-state index in [1.54, 1.807) is 24.3 Å². The number of rotatable bonds is 6. The standard InChI is InChI=1S/C13H20BNO4/c1-9(2)12(13(16)19-3)15-8-10-4-6-11(7-5-10)14(17)18/h4-7,9,12,15,17-18H,8H2,1-3H3/t12-/m1/s1. The Labute approximate surface area is 113 Å². The molecule has 0 bridgehead atoms. The van der Waals surface area contributed by atoms with Crippen LogP contribution >= 0.6 is 0 Å². The highest BCUT2D eigenvalue weighted by Gasteiger charge is 2.22. The number of benzene rings is 1. The smallest absolute Gasteiger partial charge is 0.468 e. The average Bonchev–Trinajstić information content (AvgIpc) is 2.38. The third-order valence-corrected chi connectivity index (χ3v) is 2.93. The first kappa shape index (κ1) is 15.7. The first-order chi connectivity index (χ1) is 8.95. The van der Waals surface area contributed by atoms with E-state index in [4.69, 9.17) is 14.8 Å². The van der Waals surface area contributed by atoms with E-state index in [0.29, 0.717) is 12.0 Å². The predicted molar refractivity (Wildman–Crippen MR) is 73.7 cm³/mol. The topological polar surface area (TPSA) is 78.8 Å². The zero-order chi connectivity index (χ0) is 14.4. The quantitative estimate of drug-likeness (QED) is 0.484. The molecule has 3 N–H and O–H groups in total. The Kier molecular flexibility index (Phi) is 6.01. The molecule has 0 radical (unpaired) electrons. The van der Waals surface area contributed by atoms with Crippen LogP contribution in [0.1, 0.15) is 19.4 Å². The second-order valence-corrected chi connectivity index (χ2v) is 4.74. The molecule has 0 aliphatic rings. The third kappa shape index (κ3) is 4.67. The third-order valence-electron chi connectivity index (χ3n) is 2.93. The van der Waals surface area contributed by atoms with Crippen molar-refractivity contribution in [3.05, 3.63) is 29.8 Å². The van der Waals surface area contributed by atoms with Gasteiger partial charge in [0.15, 0.2) is 0 Å². The lowest BCUT2D eigenvalue weighted by atomic mass is 9.80. The number of nitrogens with one attached hydrogen (secondary N) is 1. The van der Waals surface area contributed by atoms with E-state index in [-0.39, 0.29) is 17.9 Å². The molecule has 6 heteroatoms. The molecule has 0 saturated carbocycles. The van der Waals surface area contributed by atoms with E-state index in [9.17, 15) is 4.79 Å². The minimum absolute atomic E-state index is 0.131. The molecule has 5 nitrogen and oxygen atoms in total. The van der Waals surface area contributed by atoms with Crippen LogP contribution in [-0.2, 0) is 16.1 Å². The highest BCUT2D eigenvalue weighted by Crippen LogP contribution is 2.05. The van der Waals surface area contributed by atoms with Crippen molar-refractivity contribution in [3.8, 4) is 0 Å². The molecule has 19 heavy (non-hydrogen) atoms. The van der Waals surface area contributed by atoms with Crippen molar-refractivity contribution in [3.63, 3.8) is 0 Å². The highest BCUT2D eigenvalue weighted by atomic mass is 16.5. The van der Waals surface area contributed by atoms with Crippen molar-refractivity contribution in [2.45, 2.75) is 26.4 Å². The zero-order valence-electron chi connectivity index (χ0n) is 11.5. The monoisotopic (exact) mass is 265 g/mol. The highest BCUT2D eigenvalue weighted by molar-refractivity contribution is 6.58. The Morgan fingerprint density at radius 1 is 1.32 bits per heavy atom. The molecular formula is C13H20BNO4. The van der Waals surface area contributed by atoms with Gasteiger partial charge in [0.2, 0.25) is 0 Å². The fourth-order valence-corrected chi connectivity index (χ4v) is 1.75. The molecule has 0 saturated heterocycles. The SMILES string of the molecule is COC(=O)[C@H](NCc1ccc(B(O)O)cc1)C(C)C. The molecule has 0 amide bonds. The van der Waals surface area contributed by atoms with Gasteiger partial charge in [-0.25, -0.2) is 0 Å². The number of esters is 1. The van der Waals surface area contributed by atoms with Gasteiger partial charge in [-0.2, -0.15) is 0 Å². The van der Waals surface area contributed by atoms with Gasteiger partial charge in [-0.05, 0) is 16.9 Å². The summed E-state index contributed by atoms with van der Waals surface area (Å²) in [6.45, 7) is 4.40. The van der Waals surface area contributed by atoms with Crippen molar-refractivity contribution >= 4 is 18.6 Å². The normalized spacial score (nSPS) is 12.3. The Hall–Kier alpha value is -1.37. The van der Waals surface area contributed by atoms with Crippen molar-refractivity contribution in [2.75, 3.05) is 7.11 Å². The van der Waals surface area contributed by atoms with Gasteiger partial charge in [0.25, 0.3) is 0 Å².